The number of anilines is 2. The van der Waals surface area contributed by atoms with Gasteiger partial charge in [-0.05, 0) is 24.6 Å². The fourth-order valence-electron chi connectivity index (χ4n) is 1.43. The first-order valence-corrected chi connectivity index (χ1v) is 7.97. The van der Waals surface area contributed by atoms with Gasteiger partial charge in [0, 0.05) is 17.8 Å². The molecule has 0 fully saturated rings. The van der Waals surface area contributed by atoms with Gasteiger partial charge in [0.15, 0.2) is 4.34 Å². The highest BCUT2D eigenvalue weighted by Crippen LogP contribution is 2.26. The Bertz CT molecular complexity index is 617. The van der Waals surface area contributed by atoms with E-state index in [-0.39, 0.29) is 11.7 Å². The molecule has 0 aliphatic heterocycles. The third kappa shape index (κ3) is 3.84. The minimum atomic E-state index is -0.0958. The van der Waals surface area contributed by atoms with Crippen molar-refractivity contribution in [1.29, 1.82) is 0 Å². The third-order valence-corrected chi connectivity index (χ3v) is 4.97. The average molecular weight is 329 g/mol. The Morgan fingerprint density at radius 3 is 2.95 bits per heavy atom. The summed E-state index contributed by atoms with van der Waals surface area (Å²) < 4.78 is 0.757. The van der Waals surface area contributed by atoms with E-state index in [0.29, 0.717) is 5.02 Å². The van der Waals surface area contributed by atoms with Crippen LogP contribution in [0.4, 0.5) is 10.8 Å². The number of benzene rings is 1. The average Bonchev–Trinajstić information content (AvgIpc) is 2.90. The highest BCUT2D eigenvalue weighted by Gasteiger charge is 2.09. The molecule has 8 heteroatoms. The molecule has 1 aromatic carbocycles. The van der Waals surface area contributed by atoms with Gasteiger partial charge in [-0.25, -0.2) is 0 Å². The predicted octanol–water partition coefficient (Wildman–Crippen LogP) is 3.27. The monoisotopic (exact) mass is 328 g/mol. The number of nitrogens with zero attached hydrogens (tertiary/aromatic N) is 2. The Balaban J connectivity index is 1.91. The summed E-state index contributed by atoms with van der Waals surface area (Å²) in [5, 5.41) is 15.0. The molecule has 2 aromatic rings. The molecule has 0 bridgehead atoms. The number of hydrogen-bond donors (Lipinski definition) is 2. The van der Waals surface area contributed by atoms with Crippen LogP contribution in [0.25, 0.3) is 0 Å². The van der Waals surface area contributed by atoms with Gasteiger partial charge in [-0.2, -0.15) is 0 Å². The Morgan fingerprint density at radius 2 is 2.25 bits per heavy atom. The van der Waals surface area contributed by atoms with Crippen molar-refractivity contribution in [2.24, 2.45) is 0 Å². The Kier molecular flexibility index (Phi) is 5.22. The van der Waals surface area contributed by atoms with Crippen molar-refractivity contribution >= 4 is 51.4 Å². The molecule has 0 atom stereocenters. The molecule has 0 unspecified atom stereocenters. The van der Waals surface area contributed by atoms with Crippen LogP contribution < -0.4 is 10.6 Å². The lowest BCUT2D eigenvalue weighted by Crippen LogP contribution is -2.14. The molecular weight excluding hydrogens is 316 g/mol. The number of amides is 1. The molecule has 1 amide bonds. The molecule has 5 nitrogen and oxygen atoms in total. The van der Waals surface area contributed by atoms with Gasteiger partial charge < -0.3 is 10.6 Å². The van der Waals surface area contributed by atoms with Gasteiger partial charge in [0.2, 0.25) is 11.0 Å². The van der Waals surface area contributed by atoms with Crippen LogP contribution in [0.5, 0.6) is 0 Å². The number of carbonyl (C=O) groups is 1. The van der Waals surface area contributed by atoms with Crippen LogP contribution in [0.2, 0.25) is 5.02 Å². The minimum absolute atomic E-state index is 0.0958. The second kappa shape index (κ2) is 6.92. The zero-order valence-electron chi connectivity index (χ0n) is 10.9. The van der Waals surface area contributed by atoms with Crippen LogP contribution in [0, 0.1) is 6.92 Å². The van der Waals surface area contributed by atoms with Gasteiger partial charge in [0.1, 0.15) is 0 Å². The van der Waals surface area contributed by atoms with Gasteiger partial charge >= 0.3 is 0 Å². The number of rotatable bonds is 5. The van der Waals surface area contributed by atoms with Crippen LogP contribution >= 0.6 is 34.7 Å². The van der Waals surface area contributed by atoms with E-state index in [1.807, 2.05) is 19.1 Å². The molecule has 2 rings (SSSR count). The summed E-state index contributed by atoms with van der Waals surface area (Å²) in [7, 11) is 1.78. The van der Waals surface area contributed by atoms with E-state index in [0.717, 1.165) is 20.7 Å². The van der Waals surface area contributed by atoms with E-state index in [2.05, 4.69) is 20.8 Å². The second-order valence-corrected chi connectivity index (χ2v) is 6.48. The SMILES string of the molecule is CNc1nnc(SCC(=O)Nc2cccc(Cl)c2C)s1. The molecule has 1 aromatic heterocycles. The maximum atomic E-state index is 11.9. The number of halogens is 1. The summed E-state index contributed by atoms with van der Waals surface area (Å²) in [5.74, 6) is 0.186. The molecule has 106 valence electrons. The zero-order chi connectivity index (χ0) is 14.5. The van der Waals surface area contributed by atoms with Crippen molar-refractivity contribution in [2.45, 2.75) is 11.3 Å². The lowest BCUT2D eigenvalue weighted by atomic mass is 10.2. The Labute approximate surface area is 130 Å². The lowest BCUT2D eigenvalue weighted by Gasteiger charge is -2.08. The first-order chi connectivity index (χ1) is 9.60. The predicted molar refractivity (Wildman–Crippen MR) is 85.0 cm³/mol. The van der Waals surface area contributed by atoms with E-state index in [4.69, 9.17) is 11.6 Å². The quantitative estimate of drug-likeness (QED) is 0.824. The van der Waals surface area contributed by atoms with Crippen LogP contribution in [-0.4, -0.2) is 28.9 Å². The summed E-state index contributed by atoms with van der Waals surface area (Å²) in [6.07, 6.45) is 0. The lowest BCUT2D eigenvalue weighted by molar-refractivity contribution is -0.113. The number of hydrogen-bond acceptors (Lipinski definition) is 6. The molecule has 0 spiro atoms. The first kappa shape index (κ1) is 15.1. The summed E-state index contributed by atoms with van der Waals surface area (Å²) in [6, 6.07) is 5.43. The van der Waals surface area contributed by atoms with E-state index in [9.17, 15) is 4.79 Å². The van der Waals surface area contributed by atoms with Gasteiger partial charge in [-0.15, -0.1) is 10.2 Å². The minimum Gasteiger partial charge on any atom is -0.363 e. The normalized spacial score (nSPS) is 10.3. The summed E-state index contributed by atoms with van der Waals surface area (Å²) >= 11 is 8.78. The van der Waals surface area contributed by atoms with Gasteiger partial charge in [0.25, 0.3) is 0 Å². The molecule has 0 aliphatic carbocycles. The molecular formula is C12H13ClN4OS2. The highest BCUT2D eigenvalue weighted by molar-refractivity contribution is 8.01. The number of nitrogens with one attached hydrogen (secondary N) is 2. The van der Waals surface area contributed by atoms with Crippen LogP contribution in [0.1, 0.15) is 5.56 Å². The topological polar surface area (TPSA) is 66.9 Å². The summed E-state index contributed by atoms with van der Waals surface area (Å²) in [6.45, 7) is 1.87. The molecule has 0 saturated heterocycles. The Hall–Kier alpha value is -1.31. The molecule has 0 aliphatic rings. The van der Waals surface area contributed by atoms with Gasteiger partial charge in [-0.1, -0.05) is 40.8 Å². The smallest absolute Gasteiger partial charge is 0.234 e. The zero-order valence-corrected chi connectivity index (χ0v) is 13.3. The maximum Gasteiger partial charge on any atom is 0.234 e. The van der Waals surface area contributed by atoms with Crippen molar-refractivity contribution in [2.75, 3.05) is 23.4 Å². The van der Waals surface area contributed by atoms with E-state index >= 15 is 0 Å². The summed E-state index contributed by atoms with van der Waals surface area (Å²) in [4.78, 5) is 11.9. The van der Waals surface area contributed by atoms with Crippen molar-refractivity contribution in [3.05, 3.63) is 28.8 Å². The van der Waals surface area contributed by atoms with E-state index in [1.165, 1.54) is 23.1 Å². The van der Waals surface area contributed by atoms with Crippen LogP contribution in [0.15, 0.2) is 22.5 Å². The fourth-order valence-corrected chi connectivity index (χ4v) is 3.11. The number of aromatic nitrogens is 2. The van der Waals surface area contributed by atoms with E-state index in [1.54, 1.807) is 13.1 Å². The van der Waals surface area contributed by atoms with E-state index < -0.39 is 0 Å². The van der Waals surface area contributed by atoms with Crippen LogP contribution in [0.3, 0.4) is 0 Å². The molecule has 0 saturated carbocycles. The molecule has 0 radical (unpaired) electrons. The third-order valence-electron chi connectivity index (χ3n) is 2.49. The van der Waals surface area contributed by atoms with Crippen molar-refractivity contribution in [1.82, 2.24) is 10.2 Å². The fraction of sp³-hybridized carbons (Fsp3) is 0.250. The summed E-state index contributed by atoms with van der Waals surface area (Å²) in [5.41, 5.74) is 1.59. The number of carbonyl (C=O) groups excluding carboxylic acids is 1. The van der Waals surface area contributed by atoms with Crippen molar-refractivity contribution in [3.8, 4) is 0 Å². The van der Waals surface area contributed by atoms with Crippen LogP contribution in [-0.2, 0) is 4.79 Å². The molecule has 20 heavy (non-hydrogen) atoms. The largest absolute Gasteiger partial charge is 0.363 e. The standard InChI is InChI=1S/C12H13ClN4OS2/c1-7-8(13)4-3-5-9(7)15-10(18)6-19-12-17-16-11(14-2)20-12/h3-5H,6H2,1-2H3,(H,14,16)(H,15,18). The number of thioether (sulfide) groups is 1. The second-order valence-electron chi connectivity index (χ2n) is 3.87. The van der Waals surface area contributed by atoms with Gasteiger partial charge in [-0.3, -0.25) is 4.79 Å². The van der Waals surface area contributed by atoms with Crippen molar-refractivity contribution < 1.29 is 4.79 Å². The van der Waals surface area contributed by atoms with Crippen molar-refractivity contribution in [3.63, 3.8) is 0 Å². The first-order valence-electron chi connectivity index (χ1n) is 5.79. The molecule has 1 heterocycles. The highest BCUT2D eigenvalue weighted by atomic mass is 35.5. The molecule has 2 N–H and O–H groups in total. The maximum absolute atomic E-state index is 11.9. The van der Waals surface area contributed by atoms with Gasteiger partial charge in [0.05, 0.1) is 5.75 Å². The Morgan fingerprint density at radius 1 is 1.45 bits per heavy atom.